The molecule has 4 atom stereocenters. The Labute approximate surface area is 341 Å². The average molecular weight is 860 g/mol. The van der Waals surface area contributed by atoms with Gasteiger partial charge in [-0.15, -0.1) is 5.10 Å². The third-order valence-corrected chi connectivity index (χ3v) is 9.47. The summed E-state index contributed by atoms with van der Waals surface area (Å²) in [7, 11) is -4.97. The number of hydrogen-bond acceptors (Lipinski definition) is 14. The quantitative estimate of drug-likeness (QED) is 0.0527. The number of rotatable bonds is 11. The largest absolute Gasteiger partial charge is 0.469 e. The number of phosphoric acid groups is 1. The lowest BCUT2D eigenvalue weighted by Gasteiger charge is -2.27. The number of hydrogen-bond donors (Lipinski definition) is 9. The molecule has 24 nitrogen and oxygen atoms in total. The molecule has 2 aromatic carbocycles. The molecule has 0 spiro atoms. The van der Waals surface area contributed by atoms with Gasteiger partial charge in [0.2, 0.25) is 35.4 Å². The van der Waals surface area contributed by atoms with Gasteiger partial charge in [-0.3, -0.25) is 43.4 Å². The molecule has 6 amide bonds. The van der Waals surface area contributed by atoms with Gasteiger partial charge in [0, 0.05) is 50.9 Å². The van der Waals surface area contributed by atoms with Crippen molar-refractivity contribution in [3.8, 4) is 5.69 Å². The molecule has 25 heteroatoms. The summed E-state index contributed by atoms with van der Waals surface area (Å²) in [6.07, 6.45) is 1.15. The highest BCUT2D eigenvalue weighted by molar-refractivity contribution is 7.46. The topological polar surface area (TPSA) is 367 Å². The van der Waals surface area contributed by atoms with Crippen LogP contribution in [0.5, 0.6) is 0 Å². The molecule has 324 valence electrons. The molecule has 4 bridgehead atoms. The van der Waals surface area contributed by atoms with Crippen LogP contribution in [0.1, 0.15) is 36.1 Å². The number of aliphatic hydroxyl groups is 1. The number of phosphoric ester groups is 1. The summed E-state index contributed by atoms with van der Waals surface area (Å²) in [5, 5.41) is 39.6. The van der Waals surface area contributed by atoms with Crippen LogP contribution in [0.3, 0.4) is 0 Å². The lowest BCUT2D eigenvalue weighted by molar-refractivity contribution is -0.384. The highest BCUT2D eigenvalue weighted by Gasteiger charge is 2.30. The van der Waals surface area contributed by atoms with Crippen LogP contribution in [0.25, 0.3) is 5.69 Å². The molecule has 60 heavy (non-hydrogen) atoms. The highest BCUT2D eigenvalue weighted by Crippen LogP contribution is 2.35. The van der Waals surface area contributed by atoms with Crippen molar-refractivity contribution in [3.63, 3.8) is 0 Å². The second-order valence-corrected chi connectivity index (χ2v) is 15.0. The first-order valence-electron chi connectivity index (χ1n) is 18.4. The molecule has 3 heterocycles. The Morgan fingerprint density at radius 3 is 2.37 bits per heavy atom. The molecule has 0 saturated carbocycles. The van der Waals surface area contributed by atoms with E-state index in [9.17, 15) is 48.6 Å². The van der Waals surface area contributed by atoms with E-state index in [1.807, 2.05) is 0 Å². The molecule has 2 aliphatic heterocycles. The van der Waals surface area contributed by atoms with Gasteiger partial charge >= 0.3 is 7.82 Å². The van der Waals surface area contributed by atoms with E-state index in [0.29, 0.717) is 35.3 Å². The zero-order valence-corrected chi connectivity index (χ0v) is 32.9. The van der Waals surface area contributed by atoms with Crippen LogP contribution >= 0.6 is 7.82 Å². The molecular weight excluding hydrogens is 813 g/mol. The van der Waals surface area contributed by atoms with Crippen molar-refractivity contribution in [2.45, 2.75) is 62.7 Å². The number of nitro groups is 1. The van der Waals surface area contributed by atoms with Crippen molar-refractivity contribution in [2.24, 2.45) is 11.5 Å². The number of benzene rings is 2. The van der Waals surface area contributed by atoms with Crippen molar-refractivity contribution in [1.82, 2.24) is 41.2 Å². The van der Waals surface area contributed by atoms with Crippen LogP contribution in [0.4, 0.5) is 5.69 Å². The van der Waals surface area contributed by atoms with Crippen molar-refractivity contribution in [3.05, 3.63) is 81.7 Å². The van der Waals surface area contributed by atoms with Crippen molar-refractivity contribution in [2.75, 3.05) is 32.8 Å². The predicted octanol–water partition coefficient (Wildman–Crippen LogP) is -3.00. The fourth-order valence-electron chi connectivity index (χ4n) is 5.96. The van der Waals surface area contributed by atoms with Gasteiger partial charge in [0.1, 0.15) is 18.1 Å². The Bertz CT molecular complexity index is 2060. The number of non-ortho nitro benzene ring substituents is 1. The summed E-state index contributed by atoms with van der Waals surface area (Å²) in [6, 6.07) is 6.49. The maximum absolute atomic E-state index is 13.9. The van der Waals surface area contributed by atoms with Gasteiger partial charge < -0.3 is 52.5 Å². The Kier molecular flexibility index (Phi) is 16.8. The summed E-state index contributed by atoms with van der Waals surface area (Å²) < 4.78 is 16.9. The van der Waals surface area contributed by atoms with Crippen LogP contribution in [-0.4, -0.2) is 132 Å². The van der Waals surface area contributed by atoms with E-state index in [2.05, 4.69) is 36.1 Å². The molecule has 2 aliphatic rings. The number of nitrogens with two attached hydrogens (primary N) is 2. The number of aromatic nitrogens is 3. The summed E-state index contributed by atoms with van der Waals surface area (Å²) in [5.41, 5.74) is 13.1. The molecule has 0 unspecified atom stereocenters. The van der Waals surface area contributed by atoms with E-state index in [-0.39, 0.29) is 38.0 Å². The number of nitro benzene ring substituents is 1. The molecule has 0 saturated heterocycles. The predicted molar refractivity (Wildman–Crippen MR) is 207 cm³/mol. The maximum Gasteiger partial charge on any atom is 0.469 e. The van der Waals surface area contributed by atoms with E-state index < -0.39 is 98.5 Å². The van der Waals surface area contributed by atoms with Crippen LogP contribution in [0.2, 0.25) is 0 Å². The Morgan fingerprint density at radius 2 is 1.73 bits per heavy atom. The lowest BCUT2D eigenvalue weighted by atomic mass is 10.0. The molecule has 3 aromatic rings. The average Bonchev–Trinajstić information content (AvgIpc) is 3.67. The number of carbonyl (C=O) groups is 6. The summed E-state index contributed by atoms with van der Waals surface area (Å²) in [4.78, 5) is 108. The van der Waals surface area contributed by atoms with E-state index in [1.165, 1.54) is 33.8 Å². The fraction of sp³-hybridized carbons (Fsp3) is 0.429. The van der Waals surface area contributed by atoms with Gasteiger partial charge in [0.15, 0.2) is 0 Å². The van der Waals surface area contributed by atoms with Gasteiger partial charge in [0.25, 0.3) is 5.69 Å². The van der Waals surface area contributed by atoms with Gasteiger partial charge in [-0.05, 0) is 36.1 Å². The fourth-order valence-corrected chi connectivity index (χ4v) is 6.31. The third kappa shape index (κ3) is 14.9. The number of aryl methyl sites for hydroxylation is 1. The minimum Gasteiger partial charge on any atom is -0.394 e. The zero-order valence-electron chi connectivity index (χ0n) is 32.0. The third-order valence-electron chi connectivity index (χ3n) is 8.99. The number of aliphatic hydroxyl groups excluding tert-OH is 1. The van der Waals surface area contributed by atoms with Crippen LogP contribution in [0.15, 0.2) is 54.7 Å². The first-order chi connectivity index (χ1) is 28.4. The smallest absolute Gasteiger partial charge is 0.394 e. The number of fused-ring (bicyclic) bond motifs is 19. The first kappa shape index (κ1) is 46.5. The Hall–Kier alpha value is -6.17. The SMILES string of the molecule is NC(=O)CN1CCCc2cn(nn2)-c2ccc(cc2)C[C@H](NC(=O)[C@@H](N)COP(=O)(O)O)C(=O)N[C@@H](CO)CC(=O)NCCC(=O)N[C@@H](Cc2ccc([N+](=O)[O-])cc2)C1=O. The monoisotopic (exact) mass is 859 g/mol. The van der Waals surface area contributed by atoms with Crippen LogP contribution in [-0.2, 0) is 57.1 Å². The molecule has 0 fully saturated rings. The van der Waals surface area contributed by atoms with Crippen molar-refractivity contribution < 1.29 is 57.7 Å². The lowest BCUT2D eigenvalue weighted by Crippen LogP contribution is -2.55. The van der Waals surface area contributed by atoms with E-state index >= 15 is 0 Å². The minimum atomic E-state index is -4.97. The molecule has 1 aromatic heterocycles. The number of nitrogens with zero attached hydrogens (tertiary/aromatic N) is 5. The van der Waals surface area contributed by atoms with Crippen LogP contribution in [0, 0.1) is 10.1 Å². The molecule has 5 rings (SSSR count). The minimum absolute atomic E-state index is 0.0180. The standard InChI is InChI=1S/C35H46N11O13P/c36-27(20-59-60(56,57)58)33(51)41-28-14-21-3-7-25(8-4-21)45-17-23(42-43-45)2-1-13-44(18-30(37)48)35(53)29(15-22-5-9-26(10-6-22)46(54)55)40-31(49)11-12-38-32(50)16-24(19-47)39-34(28)52/h3-10,17,24,27-29,47H,1-2,11-16,18-20,36H2,(H2,37,48)(H,38,50)(H,39,52)(H,40,49)(H,41,51)(H2,56,57,58)/t24-,27+,28+,29+/m1/s1. The van der Waals surface area contributed by atoms with Gasteiger partial charge in [0.05, 0.1) is 48.3 Å². The Morgan fingerprint density at radius 1 is 1.03 bits per heavy atom. The second kappa shape index (κ2) is 21.7. The maximum atomic E-state index is 13.9. The number of carbonyl (C=O) groups excluding carboxylic acids is 6. The normalized spacial score (nSPS) is 19.5. The molecule has 0 radical (unpaired) electrons. The van der Waals surface area contributed by atoms with E-state index in [1.54, 1.807) is 30.5 Å². The van der Waals surface area contributed by atoms with Crippen LogP contribution < -0.4 is 32.7 Å². The summed E-state index contributed by atoms with van der Waals surface area (Å²) >= 11 is 0. The summed E-state index contributed by atoms with van der Waals surface area (Å²) in [6.45, 7) is -2.31. The molecule has 0 aliphatic carbocycles. The number of nitrogens with one attached hydrogen (secondary N) is 4. The highest BCUT2D eigenvalue weighted by atomic mass is 31.2. The van der Waals surface area contributed by atoms with Gasteiger partial charge in [-0.2, -0.15) is 0 Å². The van der Waals surface area contributed by atoms with Crippen molar-refractivity contribution in [1.29, 1.82) is 0 Å². The number of primary amides is 1. The van der Waals surface area contributed by atoms with Gasteiger partial charge in [-0.25, -0.2) is 9.25 Å². The first-order valence-corrected chi connectivity index (χ1v) is 20.0. The second-order valence-electron chi connectivity index (χ2n) is 13.7. The van der Waals surface area contributed by atoms with E-state index in [0.717, 1.165) is 0 Å². The van der Waals surface area contributed by atoms with Gasteiger partial charge in [-0.1, -0.05) is 29.5 Å². The zero-order chi connectivity index (χ0) is 44.0. The van der Waals surface area contributed by atoms with Crippen molar-refractivity contribution >= 4 is 49.0 Å². The molecular formula is C35H46N11O13P. The summed E-state index contributed by atoms with van der Waals surface area (Å²) in [5.74, 6) is -4.69. The van der Waals surface area contributed by atoms with E-state index in [4.69, 9.17) is 21.3 Å². The Balaban J connectivity index is 1.60. The molecule has 11 N–H and O–H groups in total. The number of amides is 6.